The van der Waals surface area contributed by atoms with Gasteiger partial charge >= 0.3 is 5.97 Å². The van der Waals surface area contributed by atoms with E-state index < -0.39 is 5.97 Å². The van der Waals surface area contributed by atoms with Crippen molar-refractivity contribution in [2.24, 2.45) is 0 Å². The Morgan fingerprint density at radius 3 is 2.22 bits per heavy atom. The van der Waals surface area contributed by atoms with Crippen LogP contribution in [-0.2, 0) is 0 Å². The summed E-state index contributed by atoms with van der Waals surface area (Å²) >= 11 is 0. The molecule has 0 unspecified atom stereocenters. The van der Waals surface area contributed by atoms with Crippen molar-refractivity contribution in [3.8, 4) is 0 Å². The molecule has 0 aliphatic carbocycles. The average Bonchev–Trinajstić information content (AvgIpc) is 2.38. The highest BCUT2D eigenvalue weighted by Gasteiger charge is 2.13. The molecule has 0 aliphatic rings. The van der Waals surface area contributed by atoms with Gasteiger partial charge in [-0.1, -0.05) is 33.1 Å². The number of aromatic carboxylic acids is 1. The van der Waals surface area contributed by atoms with Crippen LogP contribution in [0.3, 0.4) is 0 Å². The van der Waals surface area contributed by atoms with E-state index in [-0.39, 0.29) is 5.69 Å². The summed E-state index contributed by atoms with van der Waals surface area (Å²) in [5.74, 6) is -1.05. The molecule has 18 heavy (non-hydrogen) atoms. The van der Waals surface area contributed by atoms with Crippen molar-refractivity contribution in [1.29, 1.82) is 0 Å². The first-order valence-corrected chi connectivity index (χ1v) is 5.71. The first-order chi connectivity index (χ1) is 8.51. The molecule has 98 valence electrons. The second-order valence-electron chi connectivity index (χ2n) is 3.43. The highest BCUT2D eigenvalue weighted by atomic mass is 16.4. The number of carboxylic acids is 1. The lowest BCUT2D eigenvalue weighted by Crippen LogP contribution is -2.14. The van der Waals surface area contributed by atoms with E-state index >= 15 is 0 Å². The summed E-state index contributed by atoms with van der Waals surface area (Å²) in [6.07, 6.45) is 3.17. The molecule has 4 nitrogen and oxygen atoms in total. The van der Waals surface area contributed by atoms with Crippen LogP contribution in [0.5, 0.6) is 0 Å². The second-order valence-corrected chi connectivity index (χ2v) is 3.43. The fraction of sp³-hybridized carbons (Fsp3) is 0.286. The summed E-state index contributed by atoms with van der Waals surface area (Å²) in [5.41, 5.74) is 2.07. The number of hydrogen-bond donors (Lipinski definition) is 1. The number of nitrogens with zero attached hydrogens (tertiary/aromatic N) is 2. The van der Waals surface area contributed by atoms with Crippen LogP contribution in [0, 0.1) is 0 Å². The molecule has 0 saturated carbocycles. The first kappa shape index (κ1) is 15.9. The van der Waals surface area contributed by atoms with Crippen molar-refractivity contribution in [3.05, 3.63) is 36.2 Å². The van der Waals surface area contributed by atoms with E-state index in [0.717, 1.165) is 11.3 Å². The predicted molar refractivity (Wildman–Crippen MR) is 77.1 cm³/mol. The van der Waals surface area contributed by atoms with Gasteiger partial charge in [-0.3, -0.25) is 0 Å². The Bertz CT molecular complexity index is 451. The number of carboxylic acid groups (broad SMARTS) is 1. The van der Waals surface area contributed by atoms with Gasteiger partial charge in [-0.05, 0) is 12.1 Å². The zero-order chi connectivity index (χ0) is 14.3. The number of aromatic nitrogens is 1. The van der Waals surface area contributed by atoms with Crippen LogP contribution in [0.4, 0.5) is 5.69 Å². The van der Waals surface area contributed by atoms with E-state index in [1.807, 2.05) is 32.8 Å². The molecule has 1 aromatic rings. The summed E-state index contributed by atoms with van der Waals surface area (Å²) in [7, 11) is 3.67. The Morgan fingerprint density at radius 2 is 1.89 bits per heavy atom. The highest BCUT2D eigenvalue weighted by molar-refractivity contribution is 5.89. The van der Waals surface area contributed by atoms with Gasteiger partial charge in [-0.25, -0.2) is 9.78 Å². The summed E-state index contributed by atoms with van der Waals surface area (Å²) in [5, 5.41) is 8.93. The lowest BCUT2D eigenvalue weighted by molar-refractivity contribution is 0.0690. The van der Waals surface area contributed by atoms with Gasteiger partial charge in [0.15, 0.2) is 5.69 Å². The smallest absolute Gasteiger partial charge is 0.354 e. The fourth-order valence-corrected chi connectivity index (χ4v) is 1.41. The Labute approximate surface area is 108 Å². The monoisotopic (exact) mass is 248 g/mol. The molecule has 0 atom stereocenters. The molecular formula is C14H20N2O2. The third-order valence-corrected chi connectivity index (χ3v) is 2.16. The number of hydrogen-bond acceptors (Lipinski definition) is 3. The Hall–Kier alpha value is -2.10. The zero-order valence-electron chi connectivity index (χ0n) is 11.4. The number of rotatable bonds is 4. The molecule has 1 rings (SSSR count). The Balaban J connectivity index is 0.00000137. The van der Waals surface area contributed by atoms with Crippen LogP contribution in [0.2, 0.25) is 0 Å². The molecule has 0 saturated heterocycles. The van der Waals surface area contributed by atoms with Gasteiger partial charge in [0.05, 0.1) is 5.69 Å². The van der Waals surface area contributed by atoms with Gasteiger partial charge in [0, 0.05) is 25.3 Å². The maximum atomic E-state index is 10.9. The third kappa shape index (κ3) is 3.45. The largest absolute Gasteiger partial charge is 0.477 e. The molecule has 0 amide bonds. The number of pyridine rings is 1. The van der Waals surface area contributed by atoms with Gasteiger partial charge in [0.2, 0.25) is 0 Å². The average molecular weight is 248 g/mol. The first-order valence-electron chi connectivity index (χ1n) is 5.71. The maximum absolute atomic E-state index is 10.9. The van der Waals surface area contributed by atoms with Crippen molar-refractivity contribution in [2.45, 2.75) is 13.8 Å². The van der Waals surface area contributed by atoms with E-state index in [1.54, 1.807) is 6.08 Å². The van der Waals surface area contributed by atoms with Crippen molar-refractivity contribution < 1.29 is 9.90 Å². The van der Waals surface area contributed by atoms with E-state index in [2.05, 4.69) is 18.1 Å². The quantitative estimate of drug-likeness (QED) is 0.889. The zero-order valence-corrected chi connectivity index (χ0v) is 11.4. The van der Waals surface area contributed by atoms with Crippen LogP contribution in [0.1, 0.15) is 35.6 Å². The predicted octanol–water partition coefficient (Wildman–Crippen LogP) is 3.16. The Morgan fingerprint density at radius 1 is 1.33 bits per heavy atom. The van der Waals surface area contributed by atoms with E-state index in [4.69, 9.17) is 5.11 Å². The fourth-order valence-electron chi connectivity index (χ4n) is 1.41. The molecule has 0 aliphatic heterocycles. The number of carbonyl (C=O) groups is 1. The van der Waals surface area contributed by atoms with E-state index in [0.29, 0.717) is 5.69 Å². The summed E-state index contributed by atoms with van der Waals surface area (Å²) < 4.78 is 0. The molecule has 0 fully saturated rings. The molecule has 0 spiro atoms. The molecule has 0 aromatic carbocycles. The van der Waals surface area contributed by atoms with Crippen LogP contribution in [-0.4, -0.2) is 30.2 Å². The summed E-state index contributed by atoms with van der Waals surface area (Å²) in [4.78, 5) is 16.7. The third-order valence-electron chi connectivity index (χ3n) is 2.16. The minimum absolute atomic E-state index is 0.00389. The molecular weight excluding hydrogens is 228 g/mol. The van der Waals surface area contributed by atoms with Gasteiger partial charge in [0.1, 0.15) is 0 Å². The van der Waals surface area contributed by atoms with Gasteiger partial charge in [0.25, 0.3) is 0 Å². The van der Waals surface area contributed by atoms with Crippen LogP contribution in [0.25, 0.3) is 12.2 Å². The van der Waals surface area contributed by atoms with Gasteiger partial charge in [-0.15, -0.1) is 0 Å². The second kappa shape index (κ2) is 7.27. The standard InChI is InChI=1S/C12H14N2O2.C2H6/c1-5-8-9(6-2)13-10(12(15)16)7-11(8)14(3)4;1-2/h5-7H,1-2H2,3-4H3,(H,15,16);1-2H3. The molecule has 1 N–H and O–H groups in total. The SMILES string of the molecule is C=Cc1nc(C(=O)O)cc(N(C)C)c1C=C.CC. The Kier molecular flexibility index (Phi) is 6.42. The van der Waals surface area contributed by atoms with Crippen LogP contribution < -0.4 is 4.90 Å². The van der Waals surface area contributed by atoms with Crippen molar-refractivity contribution in [2.75, 3.05) is 19.0 Å². The van der Waals surface area contributed by atoms with Crippen molar-refractivity contribution >= 4 is 23.8 Å². The minimum atomic E-state index is -1.05. The normalized spacial score (nSPS) is 8.89. The highest BCUT2D eigenvalue weighted by Crippen LogP contribution is 2.24. The number of anilines is 1. The molecule has 4 heteroatoms. The van der Waals surface area contributed by atoms with E-state index in [9.17, 15) is 4.79 Å². The molecule has 0 radical (unpaired) electrons. The summed E-state index contributed by atoms with van der Waals surface area (Å²) in [6.45, 7) is 11.3. The molecule has 1 aromatic heterocycles. The van der Waals surface area contributed by atoms with Crippen molar-refractivity contribution in [1.82, 2.24) is 4.98 Å². The summed E-state index contributed by atoms with van der Waals surface area (Å²) in [6, 6.07) is 1.52. The van der Waals surface area contributed by atoms with E-state index in [1.165, 1.54) is 12.1 Å². The lowest BCUT2D eigenvalue weighted by Gasteiger charge is -2.17. The van der Waals surface area contributed by atoms with Crippen LogP contribution in [0.15, 0.2) is 19.2 Å². The topological polar surface area (TPSA) is 53.4 Å². The maximum Gasteiger partial charge on any atom is 0.354 e. The lowest BCUT2D eigenvalue weighted by atomic mass is 10.1. The minimum Gasteiger partial charge on any atom is -0.477 e. The van der Waals surface area contributed by atoms with Gasteiger partial charge in [-0.2, -0.15) is 0 Å². The molecule has 0 bridgehead atoms. The van der Waals surface area contributed by atoms with Gasteiger partial charge < -0.3 is 10.0 Å². The van der Waals surface area contributed by atoms with Crippen LogP contribution >= 0.6 is 0 Å². The van der Waals surface area contributed by atoms with Crippen molar-refractivity contribution in [3.63, 3.8) is 0 Å². The molecule has 1 heterocycles.